The fourth-order valence-corrected chi connectivity index (χ4v) is 1.54. The molecule has 1 rings (SSSR count). The molecule has 0 aliphatic heterocycles. The van der Waals surface area contributed by atoms with Crippen LogP contribution in [0.3, 0.4) is 0 Å². The molecule has 0 radical (unpaired) electrons. The highest BCUT2D eigenvalue weighted by Crippen LogP contribution is 2.29. The average Bonchev–Trinajstić information content (AvgIpc) is 2.26. The Bertz CT molecular complexity index is 506. The van der Waals surface area contributed by atoms with Crippen molar-refractivity contribution in [3.8, 4) is 0 Å². The zero-order valence-corrected chi connectivity index (χ0v) is 10.1. The highest BCUT2D eigenvalue weighted by molar-refractivity contribution is 6.71. The van der Waals surface area contributed by atoms with Crippen molar-refractivity contribution in [1.29, 1.82) is 0 Å². The summed E-state index contributed by atoms with van der Waals surface area (Å²) in [6, 6.07) is 1.93. The Labute approximate surface area is 110 Å². The van der Waals surface area contributed by atoms with Crippen molar-refractivity contribution in [2.75, 3.05) is 0 Å². The van der Waals surface area contributed by atoms with Crippen LogP contribution in [0.25, 0.3) is 0 Å². The van der Waals surface area contributed by atoms with Gasteiger partial charge in [-0.25, -0.2) is 0 Å². The first kappa shape index (κ1) is 13.8. The maximum Gasteiger partial charge on any atom is 0.254 e. The lowest BCUT2D eigenvalue weighted by Gasteiger charge is -2.04. The number of benzene rings is 1. The minimum absolute atomic E-state index is 0.188. The average molecular weight is 294 g/mol. The number of carbonyl (C=O) groups is 3. The largest absolute Gasteiger partial charge is 0.276 e. The molecule has 0 saturated carbocycles. The lowest BCUT2D eigenvalue weighted by atomic mass is 10.0. The zero-order chi connectivity index (χ0) is 13.2. The highest BCUT2D eigenvalue weighted by Gasteiger charge is 2.21. The van der Waals surface area contributed by atoms with E-state index in [1.165, 1.54) is 0 Å². The summed E-state index contributed by atoms with van der Waals surface area (Å²) in [5.41, 5.74) is -1.52. The molecule has 0 aromatic heterocycles. The number of hydrogen-bond donors (Lipinski definition) is 0. The molecular weight excluding hydrogens is 292 g/mol. The molecule has 0 aliphatic carbocycles. The molecule has 0 atom stereocenters. The van der Waals surface area contributed by atoms with Crippen LogP contribution in [0, 0.1) is 4.91 Å². The Hall–Kier alpha value is -1.30. The van der Waals surface area contributed by atoms with E-state index in [1.807, 2.05) is 0 Å². The number of nitrogens with zero attached hydrogens (tertiary/aromatic N) is 1. The van der Waals surface area contributed by atoms with Gasteiger partial charge in [0, 0.05) is 5.56 Å². The standard InChI is InChI=1S/C9H2Cl3NO4/c10-7(14)3-1-4(8(11)15)6(13-17)5(2-3)9(12)16/h1-2H. The quantitative estimate of drug-likeness (QED) is 0.630. The lowest BCUT2D eigenvalue weighted by Crippen LogP contribution is -2.02. The van der Waals surface area contributed by atoms with Gasteiger partial charge in [-0.2, -0.15) is 0 Å². The van der Waals surface area contributed by atoms with Gasteiger partial charge in [-0.1, -0.05) is 0 Å². The fourth-order valence-electron chi connectivity index (χ4n) is 1.15. The van der Waals surface area contributed by atoms with Gasteiger partial charge < -0.3 is 0 Å². The third-order valence-corrected chi connectivity index (χ3v) is 2.48. The lowest BCUT2D eigenvalue weighted by molar-refractivity contribution is 0.108. The second-order valence-corrected chi connectivity index (χ2v) is 3.86. The van der Waals surface area contributed by atoms with E-state index in [1.54, 1.807) is 0 Å². The van der Waals surface area contributed by atoms with Crippen LogP contribution in [0.2, 0.25) is 0 Å². The molecule has 5 nitrogen and oxygen atoms in total. The van der Waals surface area contributed by atoms with Gasteiger partial charge in [0.1, 0.15) is 5.69 Å². The number of rotatable bonds is 4. The van der Waals surface area contributed by atoms with Gasteiger partial charge in [-0.3, -0.25) is 14.4 Å². The number of carbonyl (C=O) groups excluding carboxylic acids is 3. The van der Waals surface area contributed by atoms with Crippen molar-refractivity contribution < 1.29 is 14.4 Å². The summed E-state index contributed by atoms with van der Waals surface area (Å²) in [5, 5.41) is -0.545. The van der Waals surface area contributed by atoms with E-state index in [0.717, 1.165) is 12.1 Å². The molecule has 17 heavy (non-hydrogen) atoms. The van der Waals surface area contributed by atoms with Crippen LogP contribution in [0.5, 0.6) is 0 Å². The van der Waals surface area contributed by atoms with Crippen LogP contribution in [-0.2, 0) is 0 Å². The molecule has 1 aromatic rings. The van der Waals surface area contributed by atoms with Crippen LogP contribution in [0.4, 0.5) is 5.69 Å². The van der Waals surface area contributed by atoms with Crippen molar-refractivity contribution in [2.24, 2.45) is 5.18 Å². The SMILES string of the molecule is O=Nc1c(C(=O)Cl)cc(C(=O)Cl)cc1C(=O)Cl. The Morgan fingerprint density at radius 1 is 0.882 bits per heavy atom. The summed E-state index contributed by atoms with van der Waals surface area (Å²) >= 11 is 15.6. The molecule has 0 bridgehead atoms. The molecule has 8 heteroatoms. The summed E-state index contributed by atoms with van der Waals surface area (Å²) in [5.74, 6) is 0. The van der Waals surface area contributed by atoms with E-state index in [-0.39, 0.29) is 5.56 Å². The van der Waals surface area contributed by atoms with E-state index in [4.69, 9.17) is 34.8 Å². The summed E-state index contributed by atoms with van der Waals surface area (Å²) in [6.07, 6.45) is 0. The fraction of sp³-hybridized carbons (Fsp3) is 0. The third kappa shape index (κ3) is 2.88. The minimum atomic E-state index is -1.06. The number of hydrogen-bond acceptors (Lipinski definition) is 5. The van der Waals surface area contributed by atoms with Crippen LogP contribution in [-0.4, -0.2) is 15.7 Å². The molecule has 0 aliphatic rings. The monoisotopic (exact) mass is 293 g/mol. The summed E-state index contributed by atoms with van der Waals surface area (Å²) in [6.45, 7) is 0. The smallest absolute Gasteiger partial charge is 0.254 e. The van der Waals surface area contributed by atoms with Crippen LogP contribution in [0.15, 0.2) is 17.3 Å². The Morgan fingerprint density at radius 2 is 1.29 bits per heavy atom. The molecule has 0 spiro atoms. The Balaban J connectivity index is 3.68. The van der Waals surface area contributed by atoms with Crippen LogP contribution in [0.1, 0.15) is 31.1 Å². The Morgan fingerprint density at radius 3 is 1.53 bits per heavy atom. The maximum atomic E-state index is 11.0. The Kier molecular flexibility index (Phi) is 4.34. The molecule has 0 unspecified atom stereocenters. The van der Waals surface area contributed by atoms with Gasteiger partial charge >= 0.3 is 0 Å². The molecule has 0 N–H and O–H groups in total. The van der Waals surface area contributed by atoms with E-state index in [9.17, 15) is 19.3 Å². The van der Waals surface area contributed by atoms with Gasteiger partial charge in [0.05, 0.1) is 11.1 Å². The number of nitroso groups, excluding NO2 is 1. The first-order valence-electron chi connectivity index (χ1n) is 3.99. The number of halogens is 3. The summed E-state index contributed by atoms with van der Waals surface area (Å²) < 4.78 is 0. The van der Waals surface area contributed by atoms with Crippen molar-refractivity contribution in [3.63, 3.8) is 0 Å². The van der Waals surface area contributed by atoms with Gasteiger partial charge in [-0.05, 0) is 52.1 Å². The molecule has 0 saturated heterocycles. The minimum Gasteiger partial charge on any atom is -0.276 e. The van der Waals surface area contributed by atoms with Gasteiger partial charge in [-0.15, -0.1) is 4.91 Å². The van der Waals surface area contributed by atoms with E-state index in [2.05, 4.69) is 5.18 Å². The van der Waals surface area contributed by atoms with Crippen molar-refractivity contribution in [1.82, 2.24) is 0 Å². The molecule has 88 valence electrons. The maximum absolute atomic E-state index is 11.0. The van der Waals surface area contributed by atoms with Crippen molar-refractivity contribution in [3.05, 3.63) is 33.7 Å². The third-order valence-electron chi connectivity index (χ3n) is 1.85. The highest BCUT2D eigenvalue weighted by atomic mass is 35.5. The predicted molar refractivity (Wildman–Crippen MR) is 62.4 cm³/mol. The van der Waals surface area contributed by atoms with Crippen LogP contribution < -0.4 is 0 Å². The molecule has 1 aromatic carbocycles. The molecule has 0 fully saturated rings. The molecular formula is C9H2Cl3NO4. The predicted octanol–water partition coefficient (Wildman–Crippen LogP) is 3.22. The molecule has 0 heterocycles. The van der Waals surface area contributed by atoms with Crippen molar-refractivity contribution >= 4 is 56.2 Å². The topological polar surface area (TPSA) is 80.6 Å². The summed E-state index contributed by atoms with van der Waals surface area (Å²) in [4.78, 5) is 43.6. The van der Waals surface area contributed by atoms with E-state index in [0.29, 0.717) is 0 Å². The van der Waals surface area contributed by atoms with Gasteiger partial charge in [0.15, 0.2) is 0 Å². The van der Waals surface area contributed by atoms with E-state index < -0.39 is 32.5 Å². The first-order chi connectivity index (χ1) is 7.88. The van der Waals surface area contributed by atoms with Gasteiger partial charge in [0.2, 0.25) is 0 Å². The van der Waals surface area contributed by atoms with Gasteiger partial charge in [0.25, 0.3) is 15.7 Å². The summed E-state index contributed by atoms with van der Waals surface area (Å²) in [7, 11) is 0. The molecule has 0 amide bonds. The second-order valence-electron chi connectivity index (χ2n) is 2.83. The van der Waals surface area contributed by atoms with Crippen molar-refractivity contribution in [2.45, 2.75) is 0 Å². The normalized spacial score (nSPS) is 9.82. The van der Waals surface area contributed by atoms with Crippen LogP contribution >= 0.6 is 34.8 Å². The zero-order valence-electron chi connectivity index (χ0n) is 7.87. The first-order valence-corrected chi connectivity index (χ1v) is 5.12. The van der Waals surface area contributed by atoms with E-state index >= 15 is 0 Å². The second kappa shape index (κ2) is 5.35.